The van der Waals surface area contributed by atoms with Crippen LogP contribution < -0.4 is 0 Å². The highest BCUT2D eigenvalue weighted by molar-refractivity contribution is 4.89. The highest BCUT2D eigenvalue weighted by Gasteiger charge is 2.33. The minimum absolute atomic E-state index is 0.880. The predicted octanol–water partition coefficient (Wildman–Crippen LogP) is 3.05. The first-order valence-corrected chi connectivity index (χ1v) is 6.03. The molecule has 0 aromatic carbocycles. The van der Waals surface area contributed by atoms with Gasteiger partial charge < -0.3 is 0 Å². The fourth-order valence-electron chi connectivity index (χ4n) is 2.85. The third-order valence-corrected chi connectivity index (χ3v) is 3.71. The largest absolute Gasteiger partial charge is 0.297 e. The zero-order valence-electron chi connectivity index (χ0n) is 9.13. The maximum Gasteiger partial charge on any atom is 0.0101 e. The van der Waals surface area contributed by atoms with Gasteiger partial charge in [0.15, 0.2) is 0 Å². The van der Waals surface area contributed by atoms with Crippen molar-refractivity contribution in [2.24, 2.45) is 5.92 Å². The second-order valence-corrected chi connectivity index (χ2v) is 5.25. The van der Waals surface area contributed by atoms with Crippen LogP contribution >= 0.6 is 0 Å². The molecule has 0 aromatic rings. The topological polar surface area (TPSA) is 3.24 Å². The molecule has 1 aliphatic carbocycles. The van der Waals surface area contributed by atoms with Gasteiger partial charge in [-0.1, -0.05) is 20.3 Å². The van der Waals surface area contributed by atoms with E-state index in [1.165, 1.54) is 45.1 Å². The Hall–Kier alpha value is -0.0400. The lowest BCUT2D eigenvalue weighted by Crippen LogP contribution is -2.43. The Morgan fingerprint density at radius 2 is 1.92 bits per heavy atom. The van der Waals surface area contributed by atoms with Crippen LogP contribution in [0.5, 0.6) is 0 Å². The normalized spacial score (nSPS) is 31.2. The summed E-state index contributed by atoms with van der Waals surface area (Å²) >= 11 is 0. The first kappa shape index (κ1) is 9.51. The molecule has 2 fully saturated rings. The highest BCUT2D eigenvalue weighted by Crippen LogP contribution is 2.33. The van der Waals surface area contributed by atoms with Crippen molar-refractivity contribution in [3.63, 3.8) is 0 Å². The molecule has 0 bridgehead atoms. The molecule has 0 aromatic heterocycles. The lowest BCUT2D eigenvalue weighted by atomic mass is 9.90. The van der Waals surface area contributed by atoms with E-state index in [0.717, 1.165) is 18.0 Å². The van der Waals surface area contributed by atoms with E-state index >= 15 is 0 Å². The standard InChI is InChI=1S/C12H23N/c1-10(2)9-12-7-4-8-13(12)11-5-3-6-11/h10-12H,3-9H2,1-2H3. The summed E-state index contributed by atoms with van der Waals surface area (Å²) in [4.78, 5) is 2.81. The second-order valence-electron chi connectivity index (χ2n) is 5.25. The number of nitrogens with zero attached hydrogens (tertiary/aromatic N) is 1. The molecular weight excluding hydrogens is 158 g/mol. The fraction of sp³-hybridized carbons (Fsp3) is 1.00. The number of hydrogen-bond acceptors (Lipinski definition) is 1. The van der Waals surface area contributed by atoms with E-state index in [2.05, 4.69) is 18.7 Å². The fourth-order valence-corrected chi connectivity index (χ4v) is 2.85. The molecule has 0 spiro atoms. The molecule has 1 nitrogen and oxygen atoms in total. The molecule has 1 saturated heterocycles. The van der Waals surface area contributed by atoms with Crippen LogP contribution in [0.15, 0.2) is 0 Å². The Bertz CT molecular complexity index is 161. The second kappa shape index (κ2) is 4.00. The minimum Gasteiger partial charge on any atom is -0.297 e. The van der Waals surface area contributed by atoms with Crippen molar-refractivity contribution in [1.29, 1.82) is 0 Å². The van der Waals surface area contributed by atoms with Gasteiger partial charge in [-0.25, -0.2) is 0 Å². The van der Waals surface area contributed by atoms with Crippen LogP contribution in [0.1, 0.15) is 52.4 Å². The summed E-state index contributed by atoms with van der Waals surface area (Å²) in [5.41, 5.74) is 0. The molecule has 13 heavy (non-hydrogen) atoms. The third kappa shape index (κ3) is 2.07. The van der Waals surface area contributed by atoms with Gasteiger partial charge in [-0.3, -0.25) is 4.90 Å². The first-order chi connectivity index (χ1) is 6.27. The Kier molecular flexibility index (Phi) is 2.92. The summed E-state index contributed by atoms with van der Waals surface area (Å²) in [6.07, 6.45) is 8.79. The van der Waals surface area contributed by atoms with Crippen molar-refractivity contribution in [1.82, 2.24) is 4.90 Å². The van der Waals surface area contributed by atoms with Crippen LogP contribution in [0.4, 0.5) is 0 Å². The molecule has 1 unspecified atom stereocenters. The molecule has 0 N–H and O–H groups in total. The Labute approximate surface area is 82.5 Å². The summed E-state index contributed by atoms with van der Waals surface area (Å²) < 4.78 is 0. The Morgan fingerprint density at radius 1 is 1.15 bits per heavy atom. The summed E-state index contributed by atoms with van der Waals surface area (Å²) in [7, 11) is 0. The van der Waals surface area contributed by atoms with E-state index in [0.29, 0.717) is 0 Å². The van der Waals surface area contributed by atoms with Crippen molar-refractivity contribution in [2.45, 2.75) is 64.5 Å². The number of hydrogen-bond donors (Lipinski definition) is 0. The van der Waals surface area contributed by atoms with E-state index in [-0.39, 0.29) is 0 Å². The minimum atomic E-state index is 0.880. The zero-order chi connectivity index (χ0) is 9.26. The molecule has 0 radical (unpaired) electrons. The molecule has 1 atom stereocenters. The average molecular weight is 181 g/mol. The van der Waals surface area contributed by atoms with Crippen molar-refractivity contribution < 1.29 is 0 Å². The lowest BCUT2D eigenvalue weighted by molar-refractivity contribution is 0.103. The molecular formula is C12H23N. The molecule has 76 valence electrons. The summed E-state index contributed by atoms with van der Waals surface area (Å²) in [6.45, 7) is 6.11. The van der Waals surface area contributed by atoms with E-state index in [4.69, 9.17) is 0 Å². The third-order valence-electron chi connectivity index (χ3n) is 3.71. The van der Waals surface area contributed by atoms with E-state index in [1.807, 2.05) is 0 Å². The zero-order valence-corrected chi connectivity index (χ0v) is 9.13. The van der Waals surface area contributed by atoms with Crippen LogP contribution in [-0.2, 0) is 0 Å². The van der Waals surface area contributed by atoms with Crippen molar-refractivity contribution in [3.8, 4) is 0 Å². The molecule has 1 aliphatic heterocycles. The lowest BCUT2D eigenvalue weighted by Gasteiger charge is -2.39. The van der Waals surface area contributed by atoms with Crippen LogP contribution in [0, 0.1) is 5.92 Å². The monoisotopic (exact) mass is 181 g/mol. The van der Waals surface area contributed by atoms with Crippen LogP contribution in [0.25, 0.3) is 0 Å². The van der Waals surface area contributed by atoms with Crippen LogP contribution in [0.3, 0.4) is 0 Å². The van der Waals surface area contributed by atoms with Crippen LogP contribution in [-0.4, -0.2) is 23.5 Å². The number of rotatable bonds is 3. The maximum absolute atomic E-state index is 2.81. The molecule has 1 heteroatoms. The van der Waals surface area contributed by atoms with Gasteiger partial charge in [-0.15, -0.1) is 0 Å². The van der Waals surface area contributed by atoms with Gasteiger partial charge in [-0.05, 0) is 44.6 Å². The number of likely N-dealkylation sites (tertiary alicyclic amines) is 1. The van der Waals surface area contributed by atoms with Gasteiger partial charge in [0.1, 0.15) is 0 Å². The molecule has 2 aliphatic rings. The van der Waals surface area contributed by atoms with Gasteiger partial charge in [0, 0.05) is 12.1 Å². The average Bonchev–Trinajstić information content (AvgIpc) is 2.32. The Balaban J connectivity index is 1.85. The van der Waals surface area contributed by atoms with Crippen molar-refractivity contribution >= 4 is 0 Å². The molecule has 1 saturated carbocycles. The van der Waals surface area contributed by atoms with Crippen molar-refractivity contribution in [3.05, 3.63) is 0 Å². The molecule has 2 rings (SSSR count). The van der Waals surface area contributed by atoms with E-state index in [1.54, 1.807) is 0 Å². The molecule has 0 amide bonds. The predicted molar refractivity (Wildman–Crippen MR) is 56.8 cm³/mol. The van der Waals surface area contributed by atoms with Crippen molar-refractivity contribution in [2.75, 3.05) is 6.54 Å². The molecule has 1 heterocycles. The first-order valence-electron chi connectivity index (χ1n) is 6.03. The van der Waals surface area contributed by atoms with Gasteiger partial charge in [0.25, 0.3) is 0 Å². The van der Waals surface area contributed by atoms with Crippen LogP contribution in [0.2, 0.25) is 0 Å². The van der Waals surface area contributed by atoms with Gasteiger partial charge in [0.05, 0.1) is 0 Å². The highest BCUT2D eigenvalue weighted by atomic mass is 15.2. The summed E-state index contributed by atoms with van der Waals surface area (Å²) in [6, 6.07) is 1.91. The quantitative estimate of drug-likeness (QED) is 0.647. The smallest absolute Gasteiger partial charge is 0.0101 e. The Morgan fingerprint density at radius 3 is 2.46 bits per heavy atom. The van der Waals surface area contributed by atoms with Gasteiger partial charge in [-0.2, -0.15) is 0 Å². The van der Waals surface area contributed by atoms with E-state index < -0.39 is 0 Å². The summed E-state index contributed by atoms with van der Waals surface area (Å²) in [5, 5.41) is 0. The SMILES string of the molecule is CC(C)CC1CCCN1C1CCC1. The summed E-state index contributed by atoms with van der Waals surface area (Å²) in [5.74, 6) is 0.880. The maximum atomic E-state index is 2.81. The van der Waals surface area contributed by atoms with Gasteiger partial charge in [0.2, 0.25) is 0 Å². The van der Waals surface area contributed by atoms with Gasteiger partial charge >= 0.3 is 0 Å². The van der Waals surface area contributed by atoms with E-state index in [9.17, 15) is 0 Å².